The van der Waals surface area contributed by atoms with Gasteiger partial charge in [0.05, 0.1) is 6.20 Å². The van der Waals surface area contributed by atoms with Gasteiger partial charge in [-0.2, -0.15) is 5.10 Å². The van der Waals surface area contributed by atoms with Crippen molar-refractivity contribution in [2.75, 3.05) is 26.2 Å². The third kappa shape index (κ3) is 5.44. The van der Waals surface area contributed by atoms with E-state index in [9.17, 15) is 0 Å². The predicted octanol–water partition coefficient (Wildman–Crippen LogP) is 2.84. The Labute approximate surface area is 151 Å². The Balaban J connectivity index is 0.00000242. The van der Waals surface area contributed by atoms with E-state index in [-0.39, 0.29) is 24.0 Å². The zero-order chi connectivity index (χ0) is 15.2. The predicted molar refractivity (Wildman–Crippen MR) is 103 cm³/mol. The molecule has 5 nitrogen and oxygen atoms in total. The van der Waals surface area contributed by atoms with Crippen molar-refractivity contribution in [1.82, 2.24) is 20.0 Å². The molecule has 1 atom stereocenters. The van der Waals surface area contributed by atoms with Crippen LogP contribution in [0, 0.1) is 5.92 Å². The van der Waals surface area contributed by atoms with Gasteiger partial charge in [0.25, 0.3) is 0 Å². The second-order valence-corrected chi connectivity index (χ2v) is 6.30. The van der Waals surface area contributed by atoms with Gasteiger partial charge in [-0.3, -0.25) is 9.67 Å². The van der Waals surface area contributed by atoms with Crippen molar-refractivity contribution in [3.05, 3.63) is 18.0 Å². The monoisotopic (exact) mass is 419 g/mol. The highest BCUT2D eigenvalue weighted by Crippen LogP contribution is 2.26. The van der Waals surface area contributed by atoms with Gasteiger partial charge < -0.3 is 10.2 Å². The number of halogens is 1. The van der Waals surface area contributed by atoms with Crippen molar-refractivity contribution in [2.24, 2.45) is 18.0 Å². The van der Waals surface area contributed by atoms with Gasteiger partial charge in [-0.05, 0) is 31.2 Å². The van der Waals surface area contributed by atoms with E-state index in [4.69, 9.17) is 4.99 Å². The average molecular weight is 419 g/mol. The van der Waals surface area contributed by atoms with Crippen molar-refractivity contribution < 1.29 is 0 Å². The van der Waals surface area contributed by atoms with E-state index in [1.807, 2.05) is 17.9 Å². The SMILES string of the molecule is CCNC(=NCCC(C)C)N1CCC(c2cnn(C)c2)C1.I. The highest BCUT2D eigenvalue weighted by atomic mass is 127. The summed E-state index contributed by atoms with van der Waals surface area (Å²) >= 11 is 0. The van der Waals surface area contributed by atoms with Crippen LogP contribution in [-0.4, -0.2) is 46.8 Å². The van der Waals surface area contributed by atoms with E-state index < -0.39 is 0 Å². The molecule has 1 aromatic heterocycles. The van der Waals surface area contributed by atoms with Crippen LogP contribution >= 0.6 is 24.0 Å². The van der Waals surface area contributed by atoms with Crippen LogP contribution in [0.4, 0.5) is 0 Å². The largest absolute Gasteiger partial charge is 0.357 e. The molecule has 1 aromatic rings. The van der Waals surface area contributed by atoms with E-state index >= 15 is 0 Å². The van der Waals surface area contributed by atoms with Crippen LogP contribution in [-0.2, 0) is 7.05 Å². The van der Waals surface area contributed by atoms with Gasteiger partial charge in [-0.15, -0.1) is 24.0 Å². The molecule has 0 amide bonds. The molecular weight excluding hydrogens is 389 g/mol. The van der Waals surface area contributed by atoms with Crippen LogP contribution in [0.3, 0.4) is 0 Å². The molecule has 1 aliphatic heterocycles. The highest BCUT2D eigenvalue weighted by molar-refractivity contribution is 14.0. The minimum Gasteiger partial charge on any atom is -0.357 e. The standard InChI is InChI=1S/C16H29N5.HI/c1-5-17-16(18-8-6-13(2)3)21-9-7-14(12-21)15-10-19-20(4)11-15;/h10-11,13-14H,5-9,12H2,1-4H3,(H,17,18);1H. The Morgan fingerprint density at radius 2 is 2.27 bits per heavy atom. The number of aliphatic imine (C=N–C) groups is 1. The fourth-order valence-electron chi connectivity index (χ4n) is 2.73. The van der Waals surface area contributed by atoms with Crippen LogP contribution in [0.25, 0.3) is 0 Å². The van der Waals surface area contributed by atoms with Gasteiger partial charge in [0.15, 0.2) is 5.96 Å². The topological polar surface area (TPSA) is 45.5 Å². The number of likely N-dealkylation sites (tertiary alicyclic amines) is 1. The summed E-state index contributed by atoms with van der Waals surface area (Å²) < 4.78 is 1.89. The third-order valence-electron chi connectivity index (χ3n) is 3.99. The first-order valence-corrected chi connectivity index (χ1v) is 8.12. The average Bonchev–Trinajstić information content (AvgIpc) is 3.06. The van der Waals surface area contributed by atoms with Gasteiger partial charge in [0.2, 0.25) is 0 Å². The molecule has 1 saturated heterocycles. The Bertz CT molecular complexity index is 469. The van der Waals surface area contributed by atoms with Crippen LogP contribution in [0.1, 0.15) is 45.1 Å². The molecule has 0 spiro atoms. The summed E-state index contributed by atoms with van der Waals surface area (Å²) in [5, 5.41) is 7.72. The molecule has 6 heteroatoms. The van der Waals surface area contributed by atoms with Gasteiger partial charge in [0, 0.05) is 45.3 Å². The Kier molecular flexibility index (Phi) is 8.20. The molecular formula is C16H30IN5. The van der Waals surface area contributed by atoms with Gasteiger partial charge >= 0.3 is 0 Å². The molecule has 0 radical (unpaired) electrons. The van der Waals surface area contributed by atoms with Crippen LogP contribution in [0.5, 0.6) is 0 Å². The second kappa shape index (κ2) is 9.37. The lowest BCUT2D eigenvalue weighted by Crippen LogP contribution is -2.40. The van der Waals surface area contributed by atoms with Crippen molar-refractivity contribution in [1.29, 1.82) is 0 Å². The summed E-state index contributed by atoms with van der Waals surface area (Å²) in [5.41, 5.74) is 1.35. The van der Waals surface area contributed by atoms with Crippen molar-refractivity contribution in [3.8, 4) is 0 Å². The summed E-state index contributed by atoms with van der Waals surface area (Å²) in [6.45, 7) is 10.6. The molecule has 2 rings (SSSR count). The molecule has 1 aliphatic rings. The fraction of sp³-hybridized carbons (Fsp3) is 0.750. The smallest absolute Gasteiger partial charge is 0.193 e. The number of nitrogens with zero attached hydrogens (tertiary/aromatic N) is 4. The number of guanidine groups is 1. The number of aryl methyl sites for hydroxylation is 1. The number of nitrogens with one attached hydrogen (secondary N) is 1. The Morgan fingerprint density at radius 3 is 2.86 bits per heavy atom. The van der Waals surface area contributed by atoms with Crippen LogP contribution in [0.2, 0.25) is 0 Å². The van der Waals surface area contributed by atoms with Gasteiger partial charge in [0.1, 0.15) is 0 Å². The van der Waals surface area contributed by atoms with Crippen molar-refractivity contribution >= 4 is 29.9 Å². The van der Waals surface area contributed by atoms with E-state index in [0.29, 0.717) is 11.8 Å². The molecule has 0 aromatic carbocycles. The molecule has 22 heavy (non-hydrogen) atoms. The Hall–Kier alpha value is -0.790. The molecule has 1 unspecified atom stereocenters. The zero-order valence-electron chi connectivity index (χ0n) is 14.2. The van der Waals surface area contributed by atoms with Gasteiger partial charge in [-0.25, -0.2) is 0 Å². The molecule has 126 valence electrons. The molecule has 1 fully saturated rings. The lowest BCUT2D eigenvalue weighted by Gasteiger charge is -2.21. The van der Waals surface area contributed by atoms with Crippen molar-refractivity contribution in [3.63, 3.8) is 0 Å². The zero-order valence-corrected chi connectivity index (χ0v) is 16.6. The van der Waals surface area contributed by atoms with E-state index in [1.165, 1.54) is 12.0 Å². The maximum atomic E-state index is 4.78. The normalized spacial score (nSPS) is 18.7. The first-order chi connectivity index (χ1) is 10.1. The van der Waals surface area contributed by atoms with E-state index in [1.54, 1.807) is 0 Å². The molecule has 0 bridgehead atoms. The summed E-state index contributed by atoms with van der Waals surface area (Å²) in [6.07, 6.45) is 6.46. The Morgan fingerprint density at radius 1 is 1.50 bits per heavy atom. The minimum absolute atomic E-state index is 0. The number of hydrogen-bond donors (Lipinski definition) is 1. The summed E-state index contributed by atoms with van der Waals surface area (Å²) in [5.74, 6) is 2.36. The fourth-order valence-corrected chi connectivity index (χ4v) is 2.73. The maximum Gasteiger partial charge on any atom is 0.193 e. The summed E-state index contributed by atoms with van der Waals surface area (Å²) in [4.78, 5) is 7.17. The molecule has 1 N–H and O–H groups in total. The minimum atomic E-state index is 0. The summed E-state index contributed by atoms with van der Waals surface area (Å²) in [6, 6.07) is 0. The third-order valence-corrected chi connectivity index (χ3v) is 3.99. The summed E-state index contributed by atoms with van der Waals surface area (Å²) in [7, 11) is 1.98. The number of aromatic nitrogens is 2. The van der Waals surface area contributed by atoms with Crippen molar-refractivity contribution in [2.45, 2.75) is 39.5 Å². The maximum absolute atomic E-state index is 4.78. The highest BCUT2D eigenvalue weighted by Gasteiger charge is 2.26. The molecule has 0 aliphatic carbocycles. The van der Waals surface area contributed by atoms with E-state index in [0.717, 1.165) is 38.6 Å². The van der Waals surface area contributed by atoms with Crippen LogP contribution in [0.15, 0.2) is 17.4 Å². The first kappa shape index (κ1) is 19.3. The number of hydrogen-bond acceptors (Lipinski definition) is 2. The number of rotatable bonds is 5. The molecule has 2 heterocycles. The first-order valence-electron chi connectivity index (χ1n) is 8.12. The van der Waals surface area contributed by atoms with E-state index in [2.05, 4.69) is 42.3 Å². The lowest BCUT2D eigenvalue weighted by molar-refractivity contribution is 0.483. The second-order valence-electron chi connectivity index (χ2n) is 6.30. The van der Waals surface area contributed by atoms with Crippen LogP contribution < -0.4 is 5.32 Å². The lowest BCUT2D eigenvalue weighted by atomic mass is 10.0. The quantitative estimate of drug-likeness (QED) is 0.454. The molecule has 0 saturated carbocycles. The van der Waals surface area contributed by atoms with Gasteiger partial charge in [-0.1, -0.05) is 13.8 Å².